The number of aliphatic hydroxyl groups excluding tert-OH is 2. The van der Waals surface area contributed by atoms with Gasteiger partial charge in [0.15, 0.2) is 0 Å². The van der Waals surface area contributed by atoms with Crippen molar-refractivity contribution in [2.45, 2.75) is 74.7 Å². The molecule has 2 aromatic rings. The van der Waals surface area contributed by atoms with E-state index in [1.54, 1.807) is 12.3 Å². The van der Waals surface area contributed by atoms with E-state index in [1.807, 2.05) is 50.2 Å². The fourth-order valence-corrected chi connectivity index (χ4v) is 8.90. The Morgan fingerprint density at radius 2 is 1.93 bits per heavy atom. The summed E-state index contributed by atoms with van der Waals surface area (Å²) in [5.41, 5.74) is -1.22. The fourth-order valence-electron chi connectivity index (χ4n) is 8.68. The Hall–Kier alpha value is -2.23. The van der Waals surface area contributed by atoms with E-state index in [1.165, 1.54) is 0 Å². The predicted octanol–water partition coefficient (Wildman–Crippen LogP) is 5.84. The molecule has 5 nitrogen and oxygen atoms in total. The molecule has 1 saturated carbocycles. The van der Waals surface area contributed by atoms with Crippen molar-refractivity contribution in [1.29, 1.82) is 0 Å². The Kier molecular flexibility index (Phi) is 5.61. The molecule has 9 heteroatoms. The van der Waals surface area contributed by atoms with Crippen LogP contribution in [0.3, 0.4) is 0 Å². The smallest absolute Gasteiger partial charge is 0.388 e. The molecule has 40 heavy (non-hydrogen) atoms. The number of benzene rings is 1. The number of rotatable bonds is 2. The van der Waals surface area contributed by atoms with Crippen LogP contribution in [0.5, 0.6) is 0 Å². The zero-order valence-corrected chi connectivity index (χ0v) is 23.4. The molecule has 2 fully saturated rings. The van der Waals surface area contributed by atoms with Gasteiger partial charge >= 0.3 is 6.18 Å². The molecule has 1 aromatic carbocycles. The number of likely N-dealkylation sites (N-methyl/N-ethyl adjacent to an activating group) is 1. The molecule has 5 aliphatic rings. The van der Waals surface area contributed by atoms with Crippen LogP contribution in [0.15, 0.2) is 59.3 Å². The van der Waals surface area contributed by atoms with Gasteiger partial charge in [0, 0.05) is 34.5 Å². The molecule has 1 aromatic heterocycles. The number of pyridine rings is 1. The van der Waals surface area contributed by atoms with Crippen LogP contribution >= 0.6 is 11.6 Å². The number of aromatic nitrogens is 1. The lowest BCUT2D eigenvalue weighted by Crippen LogP contribution is -2.62. The van der Waals surface area contributed by atoms with Gasteiger partial charge in [-0.1, -0.05) is 42.8 Å². The second-order valence-electron chi connectivity index (χ2n) is 12.7. The zero-order valence-electron chi connectivity index (χ0n) is 22.6. The number of nitrogens with zero attached hydrogens (tertiary/aromatic N) is 2. The number of ether oxygens (including phenoxy) is 1. The number of fused-ring (bicyclic) bond motifs is 2. The minimum Gasteiger partial charge on any atom is -0.388 e. The SMILES string of the molecule is CN(C)[C@H]1C[C@@]23CC[C@@]4(O2)C(=C(C(F)(F)F)C[C@]2(C)C(c5ccc6ccnc(Cl)c6c5)=CCC24)C=C3[C@@H](O)[C@@H]1O. The van der Waals surface area contributed by atoms with Gasteiger partial charge < -0.3 is 19.8 Å². The first-order chi connectivity index (χ1) is 18.8. The van der Waals surface area contributed by atoms with Crippen molar-refractivity contribution < 1.29 is 28.1 Å². The van der Waals surface area contributed by atoms with Gasteiger partial charge in [0.25, 0.3) is 0 Å². The first-order valence-corrected chi connectivity index (χ1v) is 14.2. The molecule has 212 valence electrons. The first-order valence-electron chi connectivity index (χ1n) is 13.8. The highest BCUT2D eigenvalue weighted by Crippen LogP contribution is 2.70. The van der Waals surface area contributed by atoms with Crippen molar-refractivity contribution in [1.82, 2.24) is 9.88 Å². The maximum absolute atomic E-state index is 14.9. The van der Waals surface area contributed by atoms with Gasteiger partial charge in [-0.05, 0) is 86.0 Å². The number of aliphatic hydroxyl groups is 2. The summed E-state index contributed by atoms with van der Waals surface area (Å²) in [5, 5.41) is 24.1. The number of hydrogen-bond acceptors (Lipinski definition) is 5. The second kappa shape index (κ2) is 8.42. The third kappa shape index (κ3) is 3.40. The highest BCUT2D eigenvalue weighted by molar-refractivity contribution is 6.34. The molecular weight excluding hydrogens is 541 g/mol. The van der Waals surface area contributed by atoms with Crippen LogP contribution in [-0.2, 0) is 4.74 Å². The summed E-state index contributed by atoms with van der Waals surface area (Å²) < 4.78 is 51.7. The first kappa shape index (κ1) is 26.7. The summed E-state index contributed by atoms with van der Waals surface area (Å²) in [6.07, 6.45) is 0.0359. The molecule has 2 bridgehead atoms. The van der Waals surface area contributed by atoms with Crippen LogP contribution in [0.2, 0.25) is 5.15 Å². The van der Waals surface area contributed by atoms with E-state index in [0.29, 0.717) is 36.4 Å². The third-order valence-corrected chi connectivity index (χ3v) is 10.8. The van der Waals surface area contributed by atoms with Crippen molar-refractivity contribution in [3.63, 3.8) is 0 Å². The largest absolute Gasteiger partial charge is 0.413 e. The highest BCUT2D eigenvalue weighted by Gasteiger charge is 2.69. The Morgan fingerprint density at radius 1 is 1.15 bits per heavy atom. The normalized spacial score (nSPS) is 38.8. The van der Waals surface area contributed by atoms with Crippen LogP contribution in [0.4, 0.5) is 13.2 Å². The van der Waals surface area contributed by atoms with Gasteiger partial charge in [0.05, 0.1) is 17.3 Å². The van der Waals surface area contributed by atoms with E-state index in [0.717, 1.165) is 21.9 Å². The van der Waals surface area contributed by atoms with E-state index in [2.05, 4.69) is 11.1 Å². The third-order valence-electron chi connectivity index (χ3n) is 10.5. The molecular formula is C31H32ClF3N2O3. The summed E-state index contributed by atoms with van der Waals surface area (Å²) in [4.78, 5) is 6.05. The standard InChI is InChI=1S/C31H32ClF3N2O3/c1-28-14-22(31(33,34)35)20-13-21-25(38)26(39)23(37(2)3)15-29(21)9-10-30(20,40-29)24(28)7-6-19(28)17-5-4-16-8-11-36-27(32)18(16)12-17/h4-6,8,11-13,23-26,38-39H,7,9-10,14-15H2,1-3H3/t23-,24?,25+,26+,28+,29+,30+/m0/s1. The van der Waals surface area contributed by atoms with Crippen molar-refractivity contribution in [2.24, 2.45) is 11.3 Å². The average Bonchev–Trinajstić information content (AvgIpc) is 3.41. The minimum absolute atomic E-state index is 0.139. The number of halogens is 4. The maximum atomic E-state index is 14.9. The van der Waals surface area contributed by atoms with E-state index in [4.69, 9.17) is 16.3 Å². The highest BCUT2D eigenvalue weighted by atomic mass is 35.5. The van der Waals surface area contributed by atoms with Gasteiger partial charge in [0.2, 0.25) is 0 Å². The van der Waals surface area contributed by atoms with Gasteiger partial charge in [-0.25, -0.2) is 4.98 Å². The maximum Gasteiger partial charge on any atom is 0.413 e. The Bertz CT molecular complexity index is 1530. The topological polar surface area (TPSA) is 65.8 Å². The second-order valence-corrected chi connectivity index (χ2v) is 13.0. The number of alkyl halides is 3. The Morgan fingerprint density at radius 3 is 2.65 bits per heavy atom. The van der Waals surface area contributed by atoms with Crippen LogP contribution < -0.4 is 0 Å². The minimum atomic E-state index is -4.58. The number of hydrogen-bond donors (Lipinski definition) is 2. The summed E-state index contributed by atoms with van der Waals surface area (Å²) in [7, 11) is 3.67. The molecule has 2 spiro atoms. The molecule has 0 radical (unpaired) electrons. The van der Waals surface area contributed by atoms with Crippen molar-refractivity contribution in [2.75, 3.05) is 14.1 Å². The van der Waals surface area contributed by atoms with Gasteiger partial charge in [-0.2, -0.15) is 13.2 Å². The van der Waals surface area contributed by atoms with Gasteiger partial charge in [-0.15, -0.1) is 0 Å². The molecule has 7 rings (SSSR count). The quantitative estimate of drug-likeness (QED) is 0.442. The molecule has 1 saturated heterocycles. The van der Waals surface area contributed by atoms with Crippen LogP contribution in [-0.4, -0.2) is 69.8 Å². The summed E-state index contributed by atoms with van der Waals surface area (Å²) in [6.45, 7) is 1.94. The molecule has 3 heterocycles. The zero-order chi connectivity index (χ0) is 28.4. The average molecular weight is 573 g/mol. The Balaban J connectivity index is 1.39. The molecule has 1 unspecified atom stereocenters. The summed E-state index contributed by atoms with van der Waals surface area (Å²) in [5.74, 6) is -0.213. The lowest BCUT2D eigenvalue weighted by molar-refractivity contribution is -0.170. The van der Waals surface area contributed by atoms with Gasteiger partial charge in [-0.3, -0.25) is 0 Å². The van der Waals surface area contributed by atoms with E-state index < -0.39 is 40.6 Å². The summed E-state index contributed by atoms with van der Waals surface area (Å²) in [6, 6.07) is 7.32. The molecule has 7 atom stereocenters. The molecule has 2 aliphatic heterocycles. The van der Waals surface area contributed by atoms with E-state index in [-0.39, 0.29) is 24.0 Å². The Labute approximate surface area is 236 Å². The van der Waals surface area contributed by atoms with Crippen LogP contribution in [0.1, 0.15) is 44.6 Å². The van der Waals surface area contributed by atoms with Crippen LogP contribution in [0.25, 0.3) is 16.3 Å². The lowest BCUT2D eigenvalue weighted by atomic mass is 9.56. The molecule has 2 N–H and O–H groups in total. The molecule has 3 aliphatic carbocycles. The lowest BCUT2D eigenvalue weighted by Gasteiger charge is -2.57. The summed E-state index contributed by atoms with van der Waals surface area (Å²) >= 11 is 6.40. The van der Waals surface area contributed by atoms with E-state index in [9.17, 15) is 23.4 Å². The van der Waals surface area contributed by atoms with Crippen LogP contribution in [0, 0.1) is 11.3 Å². The number of allylic oxidation sites excluding steroid dienone is 3. The van der Waals surface area contributed by atoms with Crippen molar-refractivity contribution in [3.05, 3.63) is 70.1 Å². The predicted molar refractivity (Wildman–Crippen MR) is 147 cm³/mol. The molecule has 0 amide bonds. The van der Waals surface area contributed by atoms with Crippen molar-refractivity contribution >= 4 is 27.9 Å². The van der Waals surface area contributed by atoms with Crippen molar-refractivity contribution in [3.8, 4) is 0 Å². The van der Waals surface area contributed by atoms with Gasteiger partial charge in [0.1, 0.15) is 11.3 Å². The van der Waals surface area contributed by atoms with E-state index >= 15 is 0 Å². The monoisotopic (exact) mass is 572 g/mol. The fraction of sp³-hybridized carbons (Fsp3) is 0.516.